The van der Waals surface area contributed by atoms with Gasteiger partial charge >= 0.3 is 5.97 Å². The summed E-state index contributed by atoms with van der Waals surface area (Å²) in [7, 11) is -3.51. The fraction of sp³-hybridized carbons (Fsp3) is 0.900. The van der Waals surface area contributed by atoms with Gasteiger partial charge in [0, 0.05) is 13.2 Å². The quantitative estimate of drug-likeness (QED) is 0.697. The van der Waals surface area contributed by atoms with Gasteiger partial charge in [0.05, 0.1) is 30.4 Å². The van der Waals surface area contributed by atoms with Crippen molar-refractivity contribution in [2.24, 2.45) is 5.92 Å². The molecule has 0 aromatic heterocycles. The predicted octanol–water partition coefficient (Wildman–Crippen LogP) is -0.816. The van der Waals surface area contributed by atoms with E-state index < -0.39 is 33.2 Å². The van der Waals surface area contributed by atoms with Crippen LogP contribution in [0.25, 0.3) is 0 Å². The molecule has 0 bridgehead atoms. The molecule has 7 nitrogen and oxygen atoms in total. The lowest BCUT2D eigenvalue weighted by Crippen LogP contribution is -2.47. The monoisotopic (exact) mass is 279 g/mol. The molecule has 2 atom stereocenters. The van der Waals surface area contributed by atoms with E-state index in [1.807, 2.05) is 0 Å². The molecule has 0 aromatic rings. The highest BCUT2D eigenvalue weighted by atomic mass is 32.2. The highest BCUT2D eigenvalue weighted by molar-refractivity contribution is 7.90. The molecular formula is C10H17NO6S. The van der Waals surface area contributed by atoms with E-state index in [0.29, 0.717) is 26.1 Å². The third-order valence-corrected chi connectivity index (χ3v) is 5.30. The van der Waals surface area contributed by atoms with E-state index in [2.05, 4.69) is 4.72 Å². The van der Waals surface area contributed by atoms with E-state index in [9.17, 15) is 13.2 Å². The van der Waals surface area contributed by atoms with Crippen molar-refractivity contribution in [2.45, 2.75) is 24.1 Å². The molecule has 2 unspecified atom stereocenters. The Morgan fingerprint density at radius 2 is 1.83 bits per heavy atom. The number of nitrogens with one attached hydrogen (secondary N) is 1. The Morgan fingerprint density at radius 1 is 1.17 bits per heavy atom. The minimum absolute atomic E-state index is 0.0519. The lowest BCUT2D eigenvalue weighted by Gasteiger charge is -2.25. The van der Waals surface area contributed by atoms with Crippen LogP contribution in [-0.4, -0.2) is 57.2 Å². The molecule has 2 aliphatic heterocycles. The average Bonchev–Trinajstić information content (AvgIpc) is 2.78. The van der Waals surface area contributed by atoms with Crippen molar-refractivity contribution in [1.82, 2.24) is 4.72 Å². The minimum atomic E-state index is -3.51. The topological polar surface area (TPSA) is 102 Å². The summed E-state index contributed by atoms with van der Waals surface area (Å²) in [6.45, 7) is 1.01. The molecule has 0 aliphatic carbocycles. The minimum Gasteiger partial charge on any atom is -0.481 e. The second-order valence-corrected chi connectivity index (χ2v) is 6.56. The third-order valence-electron chi connectivity index (χ3n) is 3.32. The smallest absolute Gasteiger partial charge is 0.310 e. The van der Waals surface area contributed by atoms with Crippen LogP contribution in [0, 0.1) is 5.92 Å². The van der Waals surface area contributed by atoms with Gasteiger partial charge in [0.15, 0.2) is 0 Å². The van der Waals surface area contributed by atoms with Gasteiger partial charge in [-0.2, -0.15) is 0 Å². The number of carboxylic acids is 1. The van der Waals surface area contributed by atoms with Crippen molar-refractivity contribution in [2.75, 3.05) is 26.4 Å². The van der Waals surface area contributed by atoms with Gasteiger partial charge in [-0.15, -0.1) is 0 Å². The average molecular weight is 279 g/mol. The molecule has 2 heterocycles. The third kappa shape index (κ3) is 3.00. The van der Waals surface area contributed by atoms with Gasteiger partial charge in [-0.3, -0.25) is 4.79 Å². The molecule has 2 fully saturated rings. The Labute approximate surface area is 106 Å². The number of rotatable bonds is 4. The van der Waals surface area contributed by atoms with Gasteiger partial charge < -0.3 is 14.6 Å². The molecule has 2 N–H and O–H groups in total. The molecule has 2 rings (SSSR count). The lowest BCUT2D eigenvalue weighted by molar-refractivity contribution is -0.142. The summed E-state index contributed by atoms with van der Waals surface area (Å²) < 4.78 is 36.8. The van der Waals surface area contributed by atoms with Crippen molar-refractivity contribution < 1.29 is 27.8 Å². The van der Waals surface area contributed by atoms with E-state index in [-0.39, 0.29) is 13.2 Å². The second kappa shape index (κ2) is 5.52. The molecule has 0 amide bonds. The molecule has 0 spiro atoms. The lowest BCUT2D eigenvalue weighted by atomic mass is 10.1. The number of carboxylic acid groups (broad SMARTS) is 1. The van der Waals surface area contributed by atoms with E-state index in [4.69, 9.17) is 14.6 Å². The second-order valence-electron chi connectivity index (χ2n) is 4.56. The standard InChI is InChI=1S/C10H17NO6S/c12-10(13)8-5-17-6-9(8)11-18(14,15)7-1-3-16-4-2-7/h7-9,11H,1-6H2,(H,12,13). The van der Waals surface area contributed by atoms with Gasteiger partial charge in [-0.1, -0.05) is 0 Å². The van der Waals surface area contributed by atoms with Crippen LogP contribution in [0.4, 0.5) is 0 Å². The van der Waals surface area contributed by atoms with Crippen molar-refractivity contribution in [3.8, 4) is 0 Å². The number of ether oxygens (including phenoxy) is 2. The summed E-state index contributed by atoms with van der Waals surface area (Å²) in [4.78, 5) is 10.9. The zero-order valence-electron chi connectivity index (χ0n) is 9.87. The SMILES string of the molecule is O=C(O)C1COCC1NS(=O)(=O)C1CCOCC1. The molecule has 2 saturated heterocycles. The maximum absolute atomic E-state index is 12.1. The van der Waals surface area contributed by atoms with Gasteiger partial charge in [0.25, 0.3) is 0 Å². The fourth-order valence-corrected chi connectivity index (χ4v) is 3.87. The molecule has 0 radical (unpaired) electrons. The highest BCUT2D eigenvalue weighted by Gasteiger charge is 2.39. The molecule has 8 heteroatoms. The van der Waals surface area contributed by atoms with E-state index in [1.165, 1.54) is 0 Å². The maximum atomic E-state index is 12.1. The predicted molar refractivity (Wildman–Crippen MR) is 61.6 cm³/mol. The molecule has 18 heavy (non-hydrogen) atoms. The molecule has 104 valence electrons. The van der Waals surface area contributed by atoms with Crippen LogP contribution in [0.3, 0.4) is 0 Å². The first-order valence-corrected chi connectivity index (χ1v) is 7.45. The number of hydrogen-bond donors (Lipinski definition) is 2. The highest BCUT2D eigenvalue weighted by Crippen LogP contribution is 2.19. The number of aliphatic carboxylic acids is 1. The summed E-state index contributed by atoms with van der Waals surface area (Å²) in [5.74, 6) is -1.84. The van der Waals surface area contributed by atoms with Crippen molar-refractivity contribution in [3.05, 3.63) is 0 Å². The number of sulfonamides is 1. The summed E-state index contributed by atoms with van der Waals surface area (Å²) in [6.07, 6.45) is 0.890. The van der Waals surface area contributed by atoms with Crippen LogP contribution < -0.4 is 4.72 Å². The first kappa shape index (κ1) is 13.7. The van der Waals surface area contributed by atoms with Gasteiger partial charge in [0.2, 0.25) is 10.0 Å². The van der Waals surface area contributed by atoms with Crippen LogP contribution in [0.1, 0.15) is 12.8 Å². The Kier molecular flexibility index (Phi) is 4.21. The zero-order valence-corrected chi connectivity index (χ0v) is 10.7. The molecule has 2 aliphatic rings. The number of hydrogen-bond acceptors (Lipinski definition) is 5. The van der Waals surface area contributed by atoms with Gasteiger partial charge in [0.1, 0.15) is 0 Å². The Hall–Kier alpha value is -0.700. The van der Waals surface area contributed by atoms with Crippen molar-refractivity contribution in [1.29, 1.82) is 0 Å². The van der Waals surface area contributed by atoms with E-state index >= 15 is 0 Å². The van der Waals surface area contributed by atoms with Gasteiger partial charge in [-0.25, -0.2) is 13.1 Å². The normalized spacial score (nSPS) is 30.4. The molecular weight excluding hydrogens is 262 g/mol. The zero-order chi connectivity index (χ0) is 13.2. The van der Waals surface area contributed by atoms with E-state index in [1.54, 1.807) is 0 Å². The summed E-state index contributed by atoms with van der Waals surface area (Å²) >= 11 is 0. The molecule has 0 aromatic carbocycles. The Balaban J connectivity index is 2.00. The first-order chi connectivity index (χ1) is 8.50. The van der Waals surface area contributed by atoms with Crippen LogP contribution in [0.2, 0.25) is 0 Å². The number of carbonyl (C=O) groups is 1. The van der Waals surface area contributed by atoms with Crippen LogP contribution >= 0.6 is 0 Å². The first-order valence-electron chi connectivity index (χ1n) is 5.90. The Bertz CT molecular complexity index is 403. The van der Waals surface area contributed by atoms with Gasteiger partial charge in [-0.05, 0) is 12.8 Å². The maximum Gasteiger partial charge on any atom is 0.310 e. The van der Waals surface area contributed by atoms with Crippen LogP contribution in [0.5, 0.6) is 0 Å². The van der Waals surface area contributed by atoms with Crippen LogP contribution in [0.15, 0.2) is 0 Å². The largest absolute Gasteiger partial charge is 0.481 e. The summed E-state index contributed by atoms with van der Waals surface area (Å²) in [6, 6.07) is -0.671. The molecule has 0 saturated carbocycles. The van der Waals surface area contributed by atoms with Crippen molar-refractivity contribution >= 4 is 16.0 Å². The Morgan fingerprint density at radius 3 is 2.44 bits per heavy atom. The van der Waals surface area contributed by atoms with E-state index in [0.717, 1.165) is 0 Å². The van der Waals surface area contributed by atoms with Crippen molar-refractivity contribution in [3.63, 3.8) is 0 Å². The summed E-state index contributed by atoms with van der Waals surface area (Å²) in [5.41, 5.74) is 0. The fourth-order valence-electron chi connectivity index (χ4n) is 2.21. The summed E-state index contributed by atoms with van der Waals surface area (Å²) in [5, 5.41) is 8.46. The van der Waals surface area contributed by atoms with Crippen LogP contribution in [-0.2, 0) is 24.3 Å².